The molecule has 1 aromatic heterocycles. The van der Waals surface area contributed by atoms with Crippen molar-refractivity contribution in [3.8, 4) is 0 Å². The molecule has 0 aliphatic heterocycles. The fraction of sp³-hybridized carbons (Fsp3) is 0.750. The van der Waals surface area contributed by atoms with Crippen molar-refractivity contribution in [2.75, 3.05) is 6.54 Å². The van der Waals surface area contributed by atoms with E-state index in [1.54, 1.807) is 0 Å². The van der Waals surface area contributed by atoms with Crippen LogP contribution >= 0.6 is 0 Å². The van der Waals surface area contributed by atoms with Crippen molar-refractivity contribution in [3.05, 3.63) is 18.5 Å². The summed E-state index contributed by atoms with van der Waals surface area (Å²) in [5, 5.41) is 7.79. The van der Waals surface area contributed by atoms with E-state index in [4.69, 9.17) is 0 Å². The Balaban J connectivity index is 2.44. The first-order valence-corrected chi connectivity index (χ1v) is 5.64. The first-order chi connectivity index (χ1) is 6.90. The first kappa shape index (κ1) is 12.2. The fourth-order valence-corrected chi connectivity index (χ4v) is 1.42. The Hall–Kier alpha value is -0.830. The van der Waals surface area contributed by atoms with Crippen LogP contribution in [0.4, 0.5) is 0 Å². The van der Waals surface area contributed by atoms with Gasteiger partial charge in [0.05, 0.1) is 6.04 Å². The first-order valence-electron chi connectivity index (χ1n) is 5.64. The summed E-state index contributed by atoms with van der Waals surface area (Å²) in [7, 11) is 0. The van der Waals surface area contributed by atoms with E-state index in [9.17, 15) is 0 Å². The fourth-order valence-electron chi connectivity index (χ4n) is 1.42. The van der Waals surface area contributed by atoms with E-state index in [1.165, 1.54) is 0 Å². The van der Waals surface area contributed by atoms with Crippen molar-refractivity contribution >= 4 is 0 Å². The molecule has 1 N–H and O–H groups in total. The summed E-state index contributed by atoms with van der Waals surface area (Å²) in [6.45, 7) is 12.1. The van der Waals surface area contributed by atoms with Crippen LogP contribution in [0, 0.1) is 5.92 Å². The monoisotopic (exact) mass is 209 g/mol. The SMILES string of the molecule is CC(CNC(C)(C)C)C(C)n1cccn1. The lowest BCUT2D eigenvalue weighted by atomic mass is 10.0. The zero-order chi connectivity index (χ0) is 11.5. The second-order valence-corrected chi connectivity index (χ2v) is 5.33. The molecular formula is C12H23N3. The lowest BCUT2D eigenvalue weighted by Gasteiger charge is -2.26. The van der Waals surface area contributed by atoms with Crippen molar-refractivity contribution < 1.29 is 0 Å². The molecule has 0 bridgehead atoms. The number of hydrogen-bond donors (Lipinski definition) is 1. The molecule has 3 heteroatoms. The molecule has 0 radical (unpaired) electrons. The van der Waals surface area contributed by atoms with Gasteiger partial charge in [-0.1, -0.05) is 6.92 Å². The van der Waals surface area contributed by atoms with Crippen molar-refractivity contribution in [1.29, 1.82) is 0 Å². The third-order valence-corrected chi connectivity index (χ3v) is 2.72. The van der Waals surface area contributed by atoms with Gasteiger partial charge in [0.2, 0.25) is 0 Å². The van der Waals surface area contributed by atoms with Crippen molar-refractivity contribution in [3.63, 3.8) is 0 Å². The van der Waals surface area contributed by atoms with E-state index < -0.39 is 0 Å². The maximum absolute atomic E-state index is 4.27. The molecular weight excluding hydrogens is 186 g/mol. The standard InChI is InChI=1S/C12H23N3/c1-10(9-13-12(3,4)5)11(2)15-8-6-7-14-15/h6-8,10-11,13H,9H2,1-5H3. The summed E-state index contributed by atoms with van der Waals surface area (Å²) in [5.41, 5.74) is 0.193. The Bertz CT molecular complexity index is 272. The molecule has 0 aromatic carbocycles. The summed E-state index contributed by atoms with van der Waals surface area (Å²) >= 11 is 0. The van der Waals surface area contributed by atoms with E-state index >= 15 is 0 Å². The molecule has 0 aliphatic rings. The summed E-state index contributed by atoms with van der Waals surface area (Å²) < 4.78 is 2.02. The summed E-state index contributed by atoms with van der Waals surface area (Å²) in [4.78, 5) is 0. The zero-order valence-corrected chi connectivity index (χ0v) is 10.5. The maximum Gasteiger partial charge on any atom is 0.0528 e. The predicted molar refractivity (Wildman–Crippen MR) is 63.9 cm³/mol. The van der Waals surface area contributed by atoms with Crippen molar-refractivity contribution in [2.45, 2.75) is 46.2 Å². The maximum atomic E-state index is 4.27. The minimum atomic E-state index is 0.193. The minimum Gasteiger partial charge on any atom is -0.312 e. The molecule has 86 valence electrons. The highest BCUT2D eigenvalue weighted by Gasteiger charge is 2.17. The third kappa shape index (κ3) is 4.04. The van der Waals surface area contributed by atoms with Gasteiger partial charge in [-0.2, -0.15) is 5.10 Å². The minimum absolute atomic E-state index is 0.193. The van der Waals surface area contributed by atoms with E-state index in [2.05, 4.69) is 45.0 Å². The van der Waals surface area contributed by atoms with Crippen LogP contribution in [0.2, 0.25) is 0 Å². The molecule has 0 fully saturated rings. The molecule has 3 nitrogen and oxygen atoms in total. The van der Waals surface area contributed by atoms with E-state index in [-0.39, 0.29) is 5.54 Å². The summed E-state index contributed by atoms with van der Waals surface area (Å²) in [6, 6.07) is 2.41. The van der Waals surface area contributed by atoms with Crippen LogP contribution in [0.1, 0.15) is 40.7 Å². The van der Waals surface area contributed by atoms with Gasteiger partial charge in [0.25, 0.3) is 0 Å². The molecule has 0 aliphatic carbocycles. The Morgan fingerprint density at radius 3 is 2.47 bits per heavy atom. The van der Waals surface area contributed by atoms with Gasteiger partial charge in [0, 0.05) is 24.5 Å². The number of hydrogen-bond acceptors (Lipinski definition) is 2. The average Bonchev–Trinajstić information content (AvgIpc) is 2.64. The zero-order valence-electron chi connectivity index (χ0n) is 10.5. The topological polar surface area (TPSA) is 29.9 Å². The van der Waals surface area contributed by atoms with Gasteiger partial charge in [0.1, 0.15) is 0 Å². The van der Waals surface area contributed by atoms with Crippen molar-refractivity contribution in [2.24, 2.45) is 5.92 Å². The van der Waals surface area contributed by atoms with Crippen LogP contribution in [0.3, 0.4) is 0 Å². The molecule has 0 saturated carbocycles. The number of rotatable bonds is 4. The molecule has 15 heavy (non-hydrogen) atoms. The molecule has 1 rings (SSSR count). The van der Waals surface area contributed by atoms with Crippen LogP contribution in [-0.2, 0) is 0 Å². The lowest BCUT2D eigenvalue weighted by Crippen LogP contribution is -2.40. The molecule has 0 spiro atoms. The van der Waals surface area contributed by atoms with E-state index in [0.717, 1.165) is 6.54 Å². The van der Waals surface area contributed by atoms with E-state index in [0.29, 0.717) is 12.0 Å². The largest absolute Gasteiger partial charge is 0.312 e. The van der Waals surface area contributed by atoms with Gasteiger partial charge in [0.15, 0.2) is 0 Å². The summed E-state index contributed by atoms with van der Waals surface area (Å²) in [6.07, 6.45) is 3.86. The molecule has 0 saturated heterocycles. The van der Waals surface area contributed by atoms with Crippen LogP contribution in [0.5, 0.6) is 0 Å². The van der Waals surface area contributed by atoms with E-state index in [1.807, 2.05) is 23.1 Å². The Labute approximate surface area is 92.9 Å². The Morgan fingerprint density at radius 1 is 1.33 bits per heavy atom. The molecule has 1 aromatic rings. The van der Waals surface area contributed by atoms with Crippen molar-refractivity contribution in [1.82, 2.24) is 15.1 Å². The number of aromatic nitrogens is 2. The quantitative estimate of drug-likeness (QED) is 0.825. The number of nitrogens with one attached hydrogen (secondary N) is 1. The summed E-state index contributed by atoms with van der Waals surface area (Å²) in [5.74, 6) is 0.573. The van der Waals surface area contributed by atoms with Gasteiger partial charge >= 0.3 is 0 Å². The Kier molecular flexibility index (Phi) is 3.91. The number of nitrogens with zero attached hydrogens (tertiary/aromatic N) is 2. The van der Waals surface area contributed by atoms with Gasteiger partial charge in [-0.05, 0) is 39.7 Å². The highest BCUT2D eigenvalue weighted by Crippen LogP contribution is 2.16. The third-order valence-electron chi connectivity index (χ3n) is 2.72. The predicted octanol–water partition coefficient (Wildman–Crippen LogP) is 2.47. The lowest BCUT2D eigenvalue weighted by molar-refractivity contribution is 0.302. The highest BCUT2D eigenvalue weighted by molar-refractivity contribution is 4.83. The smallest absolute Gasteiger partial charge is 0.0528 e. The molecule has 2 unspecified atom stereocenters. The molecule has 0 amide bonds. The average molecular weight is 209 g/mol. The van der Waals surface area contributed by atoms with Crippen LogP contribution in [0.15, 0.2) is 18.5 Å². The second kappa shape index (κ2) is 4.79. The van der Waals surface area contributed by atoms with Gasteiger partial charge in [-0.15, -0.1) is 0 Å². The van der Waals surface area contributed by atoms with Gasteiger partial charge in [-0.25, -0.2) is 0 Å². The van der Waals surface area contributed by atoms with Gasteiger partial charge < -0.3 is 5.32 Å². The molecule has 1 heterocycles. The molecule has 2 atom stereocenters. The van der Waals surface area contributed by atoms with Crippen LogP contribution in [0.25, 0.3) is 0 Å². The van der Waals surface area contributed by atoms with Gasteiger partial charge in [-0.3, -0.25) is 4.68 Å². The second-order valence-electron chi connectivity index (χ2n) is 5.33. The normalized spacial score (nSPS) is 16.3. The Morgan fingerprint density at radius 2 is 2.00 bits per heavy atom. The van der Waals surface area contributed by atoms with Crippen LogP contribution in [-0.4, -0.2) is 21.9 Å². The van der Waals surface area contributed by atoms with Crippen LogP contribution < -0.4 is 5.32 Å². The highest BCUT2D eigenvalue weighted by atomic mass is 15.3.